The Balaban J connectivity index is 1.71. The first kappa shape index (κ1) is 16.4. The number of benzene rings is 1. The van der Waals surface area contributed by atoms with E-state index in [0.29, 0.717) is 6.04 Å². The molecule has 1 fully saturated rings. The van der Waals surface area contributed by atoms with Gasteiger partial charge in [-0.3, -0.25) is 0 Å². The molecular weight excluding hydrogens is 264 g/mol. The van der Waals surface area contributed by atoms with Gasteiger partial charge in [0.05, 0.1) is 6.04 Å². The molecule has 0 radical (unpaired) electrons. The van der Waals surface area contributed by atoms with Gasteiger partial charge in [0, 0.05) is 33.4 Å². The fraction of sp³-hybridized carbons (Fsp3) is 0.647. The van der Waals surface area contributed by atoms with Gasteiger partial charge in [0.15, 0.2) is 6.29 Å². The summed E-state index contributed by atoms with van der Waals surface area (Å²) in [6, 6.07) is 11.4. The van der Waals surface area contributed by atoms with Gasteiger partial charge in [-0.25, -0.2) is 0 Å². The normalized spacial score (nSPS) is 21.0. The second-order valence-electron chi connectivity index (χ2n) is 5.82. The van der Waals surface area contributed by atoms with Crippen LogP contribution in [-0.2, 0) is 15.9 Å². The Kier molecular flexibility index (Phi) is 6.64. The van der Waals surface area contributed by atoms with Gasteiger partial charge < -0.3 is 19.7 Å². The van der Waals surface area contributed by atoms with E-state index in [9.17, 15) is 0 Å². The molecule has 1 heterocycles. The number of nitrogens with one attached hydrogen (secondary N) is 1. The van der Waals surface area contributed by atoms with Gasteiger partial charge in [-0.05, 0) is 31.9 Å². The lowest BCUT2D eigenvalue weighted by molar-refractivity contribution is -0.120. The third-order valence-corrected chi connectivity index (χ3v) is 4.20. The van der Waals surface area contributed by atoms with E-state index in [1.165, 1.54) is 18.5 Å². The van der Waals surface area contributed by atoms with Crippen molar-refractivity contribution >= 4 is 0 Å². The molecule has 0 amide bonds. The average molecular weight is 292 g/mol. The number of ether oxygens (including phenoxy) is 2. The lowest BCUT2D eigenvalue weighted by Gasteiger charge is -2.25. The topological polar surface area (TPSA) is 33.7 Å². The number of hydrogen-bond donors (Lipinski definition) is 1. The summed E-state index contributed by atoms with van der Waals surface area (Å²) in [5.41, 5.74) is 1.42. The zero-order valence-electron chi connectivity index (χ0n) is 13.4. The third-order valence-electron chi connectivity index (χ3n) is 4.20. The molecule has 1 aromatic rings. The molecule has 2 atom stereocenters. The average Bonchev–Trinajstić information content (AvgIpc) is 2.95. The lowest BCUT2D eigenvalue weighted by Crippen LogP contribution is -2.46. The Bertz CT molecular complexity index is 395. The zero-order chi connectivity index (χ0) is 15.1. The zero-order valence-corrected chi connectivity index (χ0v) is 13.4. The summed E-state index contributed by atoms with van der Waals surface area (Å²) in [4.78, 5) is 2.53. The van der Waals surface area contributed by atoms with Crippen LogP contribution in [0.1, 0.15) is 18.9 Å². The van der Waals surface area contributed by atoms with Crippen LogP contribution in [-0.4, -0.2) is 57.1 Å². The van der Waals surface area contributed by atoms with Crippen LogP contribution in [0.2, 0.25) is 0 Å². The molecule has 0 aliphatic carbocycles. The van der Waals surface area contributed by atoms with E-state index in [2.05, 4.69) is 47.5 Å². The van der Waals surface area contributed by atoms with E-state index in [1.807, 2.05) is 0 Å². The Morgan fingerprint density at radius 2 is 1.95 bits per heavy atom. The second-order valence-corrected chi connectivity index (χ2v) is 5.82. The first-order valence-electron chi connectivity index (χ1n) is 7.81. The van der Waals surface area contributed by atoms with Crippen molar-refractivity contribution in [1.82, 2.24) is 10.2 Å². The highest BCUT2D eigenvalue weighted by Gasteiger charge is 2.25. The largest absolute Gasteiger partial charge is 0.354 e. The van der Waals surface area contributed by atoms with Crippen molar-refractivity contribution in [3.63, 3.8) is 0 Å². The van der Waals surface area contributed by atoms with E-state index < -0.39 is 0 Å². The maximum absolute atomic E-state index is 5.31. The van der Waals surface area contributed by atoms with Gasteiger partial charge in [0.2, 0.25) is 0 Å². The van der Waals surface area contributed by atoms with Crippen LogP contribution in [0.3, 0.4) is 0 Å². The second kappa shape index (κ2) is 8.49. The molecule has 0 spiro atoms. The minimum Gasteiger partial charge on any atom is -0.354 e. The van der Waals surface area contributed by atoms with Gasteiger partial charge in [-0.2, -0.15) is 0 Å². The number of nitrogens with zero attached hydrogens (tertiary/aromatic N) is 1. The molecule has 1 saturated heterocycles. The van der Waals surface area contributed by atoms with E-state index >= 15 is 0 Å². The van der Waals surface area contributed by atoms with Crippen molar-refractivity contribution in [3.8, 4) is 0 Å². The van der Waals surface area contributed by atoms with Crippen LogP contribution in [0.5, 0.6) is 0 Å². The minimum absolute atomic E-state index is 0.177. The minimum atomic E-state index is -0.177. The summed E-state index contributed by atoms with van der Waals surface area (Å²) in [6.07, 6.45) is 2.14. The summed E-state index contributed by atoms with van der Waals surface area (Å²) in [6.45, 7) is 5.53. The van der Waals surface area contributed by atoms with Gasteiger partial charge in [0.25, 0.3) is 0 Å². The molecule has 4 nitrogen and oxygen atoms in total. The van der Waals surface area contributed by atoms with Crippen LogP contribution in [0.25, 0.3) is 0 Å². The van der Waals surface area contributed by atoms with Crippen LogP contribution in [0, 0.1) is 0 Å². The molecule has 1 N–H and O–H groups in total. The molecule has 1 aliphatic heterocycles. The summed E-state index contributed by atoms with van der Waals surface area (Å²) < 4.78 is 10.6. The van der Waals surface area contributed by atoms with E-state index in [0.717, 1.165) is 19.5 Å². The van der Waals surface area contributed by atoms with Gasteiger partial charge >= 0.3 is 0 Å². The maximum Gasteiger partial charge on any atom is 0.171 e. The number of likely N-dealkylation sites (tertiary alicyclic amines) is 1. The predicted molar refractivity (Wildman–Crippen MR) is 85.4 cm³/mol. The molecule has 2 rings (SSSR count). The monoisotopic (exact) mass is 292 g/mol. The highest BCUT2D eigenvalue weighted by Crippen LogP contribution is 2.12. The predicted octanol–water partition coefficient (Wildman–Crippen LogP) is 1.90. The van der Waals surface area contributed by atoms with Crippen molar-refractivity contribution in [3.05, 3.63) is 35.9 Å². The van der Waals surface area contributed by atoms with Crippen LogP contribution in [0.4, 0.5) is 0 Å². The first-order chi connectivity index (χ1) is 10.2. The highest BCUT2D eigenvalue weighted by molar-refractivity contribution is 5.14. The smallest absolute Gasteiger partial charge is 0.171 e. The maximum atomic E-state index is 5.31. The third kappa shape index (κ3) is 5.08. The van der Waals surface area contributed by atoms with Gasteiger partial charge in [-0.1, -0.05) is 30.3 Å². The SMILES string of the molecule is COC(OC)C(C)NC1CCN(CCc2ccccc2)C1. The van der Waals surface area contributed by atoms with Crippen LogP contribution in [0.15, 0.2) is 30.3 Å². The molecule has 0 aromatic heterocycles. The number of rotatable bonds is 8. The van der Waals surface area contributed by atoms with Crippen molar-refractivity contribution in [2.24, 2.45) is 0 Å². The molecule has 4 heteroatoms. The molecule has 118 valence electrons. The molecule has 1 aliphatic rings. The Morgan fingerprint density at radius 3 is 2.62 bits per heavy atom. The Hall–Kier alpha value is -0.940. The lowest BCUT2D eigenvalue weighted by atomic mass is 10.1. The number of methoxy groups -OCH3 is 2. The summed E-state index contributed by atoms with van der Waals surface area (Å²) in [5.74, 6) is 0. The standard InChI is InChI=1S/C17H28N2O2/c1-14(17(20-2)21-3)18-16-10-12-19(13-16)11-9-15-7-5-4-6-8-15/h4-8,14,16-18H,9-13H2,1-3H3. The molecule has 21 heavy (non-hydrogen) atoms. The first-order valence-corrected chi connectivity index (χ1v) is 7.81. The van der Waals surface area contributed by atoms with E-state index in [-0.39, 0.29) is 12.3 Å². The van der Waals surface area contributed by atoms with Gasteiger partial charge in [0.1, 0.15) is 0 Å². The Labute approximate surface area is 128 Å². The molecule has 0 saturated carbocycles. The molecular formula is C17H28N2O2. The van der Waals surface area contributed by atoms with Crippen molar-refractivity contribution in [1.29, 1.82) is 0 Å². The molecule has 0 bridgehead atoms. The Morgan fingerprint density at radius 1 is 1.24 bits per heavy atom. The quantitative estimate of drug-likeness (QED) is 0.742. The summed E-state index contributed by atoms with van der Waals surface area (Å²) >= 11 is 0. The van der Waals surface area contributed by atoms with E-state index in [1.54, 1.807) is 14.2 Å². The van der Waals surface area contributed by atoms with Crippen LogP contribution >= 0.6 is 0 Å². The summed E-state index contributed by atoms with van der Waals surface area (Å²) in [7, 11) is 3.38. The van der Waals surface area contributed by atoms with Crippen molar-refractivity contribution in [2.45, 2.75) is 38.1 Å². The van der Waals surface area contributed by atoms with Crippen molar-refractivity contribution in [2.75, 3.05) is 33.9 Å². The van der Waals surface area contributed by atoms with Gasteiger partial charge in [-0.15, -0.1) is 0 Å². The van der Waals surface area contributed by atoms with Crippen LogP contribution < -0.4 is 5.32 Å². The fourth-order valence-corrected chi connectivity index (χ4v) is 3.06. The van der Waals surface area contributed by atoms with Crippen molar-refractivity contribution < 1.29 is 9.47 Å². The molecule has 2 unspecified atom stereocenters. The highest BCUT2D eigenvalue weighted by atomic mass is 16.7. The fourth-order valence-electron chi connectivity index (χ4n) is 3.06. The summed E-state index contributed by atoms with van der Waals surface area (Å²) in [5, 5.41) is 3.62. The molecule has 1 aromatic carbocycles. The number of hydrogen-bond acceptors (Lipinski definition) is 4. The van der Waals surface area contributed by atoms with E-state index in [4.69, 9.17) is 9.47 Å².